The zero-order chi connectivity index (χ0) is 21.6. The second kappa shape index (κ2) is 12.9. The summed E-state index contributed by atoms with van der Waals surface area (Å²) in [7, 11) is 1.70. The standard InChI is InChI=1S/C14H12O2.C13H16O/c15-10-12-6-4-5-7-13(12)11-16-14-8-2-1-3-9-14;1-11(10-14-3)8-9-13-7-5-4-6-12(13)2/h1-10H,11H2;4-9H,2,10H2,1,3H3/b;11-8+,13-9-. The summed E-state index contributed by atoms with van der Waals surface area (Å²) in [5.41, 5.74) is 2.79. The molecule has 0 aromatic heterocycles. The molecular weight excluding hydrogens is 372 g/mol. The quantitative estimate of drug-likeness (QED) is 0.546. The third-order valence-electron chi connectivity index (χ3n) is 4.29. The second-order valence-electron chi connectivity index (χ2n) is 6.73. The van der Waals surface area contributed by atoms with Gasteiger partial charge in [-0.3, -0.25) is 4.79 Å². The number of methoxy groups -OCH3 is 1. The molecule has 0 radical (unpaired) electrons. The van der Waals surface area contributed by atoms with E-state index < -0.39 is 0 Å². The first kappa shape index (κ1) is 22.9. The lowest BCUT2D eigenvalue weighted by Gasteiger charge is -2.07. The van der Waals surface area contributed by atoms with Crippen molar-refractivity contribution in [2.24, 2.45) is 0 Å². The topological polar surface area (TPSA) is 35.5 Å². The molecular formula is C27H28O3. The summed E-state index contributed by atoms with van der Waals surface area (Å²) >= 11 is 0. The van der Waals surface area contributed by atoms with E-state index in [2.05, 4.69) is 24.8 Å². The zero-order valence-electron chi connectivity index (χ0n) is 17.6. The molecule has 0 heterocycles. The maximum Gasteiger partial charge on any atom is 0.150 e. The van der Waals surface area contributed by atoms with Crippen molar-refractivity contribution in [3.05, 3.63) is 112 Å². The summed E-state index contributed by atoms with van der Waals surface area (Å²) in [4.78, 5) is 10.8. The van der Waals surface area contributed by atoms with Gasteiger partial charge in [-0.2, -0.15) is 0 Å². The summed E-state index contributed by atoms with van der Waals surface area (Å²) in [5.74, 6) is 0.809. The van der Waals surface area contributed by atoms with E-state index in [4.69, 9.17) is 9.47 Å². The Labute approximate surface area is 178 Å². The van der Waals surface area contributed by atoms with Crippen molar-refractivity contribution in [1.82, 2.24) is 0 Å². The molecule has 0 amide bonds. The van der Waals surface area contributed by atoms with Crippen LogP contribution in [0, 0.1) is 0 Å². The van der Waals surface area contributed by atoms with Crippen LogP contribution in [0.1, 0.15) is 22.8 Å². The van der Waals surface area contributed by atoms with E-state index in [0.717, 1.165) is 28.0 Å². The Bertz CT molecular complexity index is 1050. The molecule has 3 heteroatoms. The predicted molar refractivity (Wildman–Crippen MR) is 124 cm³/mol. The van der Waals surface area contributed by atoms with E-state index in [-0.39, 0.29) is 0 Å². The number of carbonyl (C=O) groups excluding carboxylic acids is 1. The average Bonchev–Trinajstić information content (AvgIpc) is 2.79. The highest BCUT2D eigenvalue weighted by Crippen LogP contribution is 2.13. The van der Waals surface area contributed by atoms with Gasteiger partial charge < -0.3 is 9.47 Å². The highest BCUT2D eigenvalue weighted by atomic mass is 16.5. The van der Waals surface area contributed by atoms with Gasteiger partial charge in [0.15, 0.2) is 0 Å². The molecule has 3 aromatic rings. The Balaban J connectivity index is 0.000000216. The van der Waals surface area contributed by atoms with Gasteiger partial charge in [-0.15, -0.1) is 0 Å². The van der Waals surface area contributed by atoms with Crippen LogP contribution in [-0.4, -0.2) is 20.0 Å². The zero-order valence-corrected chi connectivity index (χ0v) is 17.6. The molecule has 30 heavy (non-hydrogen) atoms. The lowest BCUT2D eigenvalue weighted by Crippen LogP contribution is -2.21. The number of allylic oxidation sites excluding steroid dienone is 1. The molecule has 0 saturated heterocycles. The normalized spacial score (nSPS) is 11.4. The van der Waals surface area contributed by atoms with E-state index in [9.17, 15) is 4.79 Å². The van der Waals surface area contributed by atoms with Gasteiger partial charge in [-0.05, 0) is 40.6 Å². The van der Waals surface area contributed by atoms with Crippen LogP contribution < -0.4 is 15.2 Å². The third kappa shape index (κ3) is 7.90. The molecule has 0 bridgehead atoms. The molecule has 0 aliphatic heterocycles. The van der Waals surface area contributed by atoms with Crippen LogP contribution in [0.25, 0.3) is 12.7 Å². The van der Waals surface area contributed by atoms with E-state index in [1.165, 1.54) is 5.57 Å². The summed E-state index contributed by atoms with van der Waals surface area (Å²) in [5, 5.41) is 2.21. The highest BCUT2D eigenvalue weighted by molar-refractivity contribution is 5.77. The molecule has 0 spiro atoms. The van der Waals surface area contributed by atoms with Crippen molar-refractivity contribution in [3.63, 3.8) is 0 Å². The van der Waals surface area contributed by atoms with Crippen LogP contribution >= 0.6 is 0 Å². The van der Waals surface area contributed by atoms with Crippen LogP contribution in [0.4, 0.5) is 0 Å². The Morgan fingerprint density at radius 2 is 1.60 bits per heavy atom. The summed E-state index contributed by atoms with van der Waals surface area (Å²) in [6.45, 7) is 7.09. The van der Waals surface area contributed by atoms with Gasteiger partial charge in [-0.25, -0.2) is 0 Å². The average molecular weight is 401 g/mol. The van der Waals surface area contributed by atoms with Crippen LogP contribution in [0.3, 0.4) is 0 Å². The minimum atomic E-state index is 0.416. The molecule has 154 valence electrons. The first-order valence-corrected chi connectivity index (χ1v) is 9.75. The molecule has 3 rings (SSSR count). The minimum Gasteiger partial charge on any atom is -0.489 e. The first-order chi connectivity index (χ1) is 14.6. The number of para-hydroxylation sites is 1. The van der Waals surface area contributed by atoms with Crippen LogP contribution in [-0.2, 0) is 11.3 Å². The fourth-order valence-electron chi connectivity index (χ4n) is 2.66. The molecule has 0 unspecified atom stereocenters. The second-order valence-corrected chi connectivity index (χ2v) is 6.73. The molecule has 3 nitrogen and oxygen atoms in total. The van der Waals surface area contributed by atoms with Crippen molar-refractivity contribution in [2.75, 3.05) is 13.7 Å². The van der Waals surface area contributed by atoms with Crippen molar-refractivity contribution in [1.29, 1.82) is 0 Å². The molecule has 0 N–H and O–H groups in total. The number of ether oxygens (including phenoxy) is 2. The van der Waals surface area contributed by atoms with Crippen molar-refractivity contribution >= 4 is 18.9 Å². The van der Waals surface area contributed by atoms with Gasteiger partial charge in [0.1, 0.15) is 18.6 Å². The van der Waals surface area contributed by atoms with Crippen LogP contribution in [0.5, 0.6) is 5.75 Å². The number of aldehydes is 1. The number of rotatable bonds is 7. The number of carbonyl (C=O) groups is 1. The minimum absolute atomic E-state index is 0.416. The number of hydrogen-bond acceptors (Lipinski definition) is 3. The van der Waals surface area contributed by atoms with E-state index in [0.29, 0.717) is 18.8 Å². The first-order valence-electron chi connectivity index (χ1n) is 9.75. The van der Waals surface area contributed by atoms with Gasteiger partial charge in [-0.1, -0.05) is 85.5 Å². The molecule has 0 aliphatic carbocycles. The molecule has 0 fully saturated rings. The van der Waals surface area contributed by atoms with Gasteiger partial charge in [0.05, 0.1) is 6.61 Å². The summed E-state index contributed by atoms with van der Waals surface area (Å²) in [6, 6.07) is 25.0. The van der Waals surface area contributed by atoms with Crippen LogP contribution in [0.15, 0.2) is 90.5 Å². The fraction of sp³-hybridized carbons (Fsp3) is 0.148. The smallest absolute Gasteiger partial charge is 0.150 e. The molecule has 3 aromatic carbocycles. The monoisotopic (exact) mass is 400 g/mol. The van der Waals surface area contributed by atoms with Gasteiger partial charge in [0, 0.05) is 12.7 Å². The third-order valence-corrected chi connectivity index (χ3v) is 4.29. The van der Waals surface area contributed by atoms with Crippen molar-refractivity contribution in [2.45, 2.75) is 13.5 Å². The summed E-state index contributed by atoms with van der Waals surface area (Å²) in [6.07, 6.45) is 4.98. The Morgan fingerprint density at radius 1 is 0.933 bits per heavy atom. The fourth-order valence-corrected chi connectivity index (χ4v) is 2.66. The van der Waals surface area contributed by atoms with E-state index in [1.807, 2.05) is 73.7 Å². The SMILES string of the molecule is C=c1cccc/c1=C/C=C(\C)COC.O=Cc1ccccc1COc1ccccc1. The maximum atomic E-state index is 10.8. The summed E-state index contributed by atoms with van der Waals surface area (Å²) < 4.78 is 10.6. The highest BCUT2D eigenvalue weighted by Gasteiger charge is 2.00. The van der Waals surface area contributed by atoms with Gasteiger partial charge in [0.25, 0.3) is 0 Å². The van der Waals surface area contributed by atoms with Gasteiger partial charge >= 0.3 is 0 Å². The number of benzene rings is 3. The lowest BCUT2D eigenvalue weighted by molar-refractivity contribution is 0.112. The van der Waals surface area contributed by atoms with E-state index in [1.54, 1.807) is 13.2 Å². The maximum absolute atomic E-state index is 10.8. The molecule has 0 saturated carbocycles. The Morgan fingerprint density at radius 3 is 2.30 bits per heavy atom. The Kier molecular flexibility index (Phi) is 9.84. The number of hydrogen-bond donors (Lipinski definition) is 0. The molecule has 0 aliphatic rings. The van der Waals surface area contributed by atoms with Crippen molar-refractivity contribution in [3.8, 4) is 5.75 Å². The van der Waals surface area contributed by atoms with Gasteiger partial charge in [0.2, 0.25) is 0 Å². The lowest BCUT2D eigenvalue weighted by atomic mass is 10.1. The largest absolute Gasteiger partial charge is 0.489 e. The molecule has 0 atom stereocenters. The Hall–Kier alpha value is -3.43. The van der Waals surface area contributed by atoms with Crippen LogP contribution in [0.2, 0.25) is 0 Å². The van der Waals surface area contributed by atoms with Crippen molar-refractivity contribution < 1.29 is 14.3 Å². The van der Waals surface area contributed by atoms with E-state index >= 15 is 0 Å². The predicted octanol–water partition coefficient (Wildman–Crippen LogP) is 4.55.